The highest BCUT2D eigenvalue weighted by Gasteiger charge is 2.25. The van der Waals surface area contributed by atoms with Crippen molar-refractivity contribution >= 4 is 23.2 Å². The summed E-state index contributed by atoms with van der Waals surface area (Å²) >= 11 is 0. The number of rotatable bonds is 8. The van der Waals surface area contributed by atoms with Gasteiger partial charge in [-0.05, 0) is 54.9 Å². The highest BCUT2D eigenvalue weighted by Crippen LogP contribution is 2.36. The number of nitrogens with one attached hydrogen (secondary N) is 2. The van der Waals surface area contributed by atoms with Gasteiger partial charge in [-0.1, -0.05) is 18.2 Å². The van der Waals surface area contributed by atoms with Crippen molar-refractivity contribution in [3.05, 3.63) is 72.4 Å². The van der Waals surface area contributed by atoms with Gasteiger partial charge in [-0.15, -0.1) is 0 Å². The molecule has 38 heavy (non-hydrogen) atoms. The summed E-state index contributed by atoms with van der Waals surface area (Å²) in [6.07, 6.45) is 6.70. The van der Waals surface area contributed by atoms with Crippen molar-refractivity contribution in [1.29, 1.82) is 0 Å². The largest absolute Gasteiger partial charge is 0.450 e. The van der Waals surface area contributed by atoms with Crippen LogP contribution >= 0.6 is 0 Å². The molecule has 10 nitrogen and oxygen atoms in total. The molecule has 6 rings (SSSR count). The summed E-state index contributed by atoms with van der Waals surface area (Å²) in [5.41, 5.74) is 10.7. The number of nitrogens with two attached hydrogens (primary N) is 1. The average molecular weight is 513 g/mol. The number of aromatic nitrogens is 2. The Morgan fingerprint density at radius 2 is 1.82 bits per heavy atom. The number of fused-ring (bicyclic) bond motifs is 2. The SMILES string of the molecule is NCCCNCc1ccc(N2C=C3Oc4cc(-c5cnc(N6CCOCC6)nc5)ccc4NC3=NC2)cc1. The maximum absolute atomic E-state index is 6.31. The summed E-state index contributed by atoms with van der Waals surface area (Å²) in [5, 5.41) is 6.82. The Kier molecular flexibility index (Phi) is 7.16. The first-order chi connectivity index (χ1) is 18.8. The maximum atomic E-state index is 6.31. The molecule has 0 radical (unpaired) electrons. The van der Waals surface area contributed by atoms with Crippen LogP contribution in [0.1, 0.15) is 12.0 Å². The summed E-state index contributed by atoms with van der Waals surface area (Å²) in [5.74, 6) is 2.90. The number of nitrogens with zero attached hydrogens (tertiary/aromatic N) is 5. The van der Waals surface area contributed by atoms with Crippen LogP contribution in [0.3, 0.4) is 0 Å². The third-order valence-corrected chi connectivity index (χ3v) is 6.76. The van der Waals surface area contributed by atoms with Crippen molar-refractivity contribution in [3.8, 4) is 16.9 Å². The molecule has 3 aliphatic rings. The molecule has 4 N–H and O–H groups in total. The van der Waals surface area contributed by atoms with E-state index in [2.05, 4.69) is 54.7 Å². The van der Waals surface area contributed by atoms with Crippen LogP contribution in [0.15, 0.2) is 71.8 Å². The fourth-order valence-corrected chi connectivity index (χ4v) is 4.60. The molecule has 0 amide bonds. The van der Waals surface area contributed by atoms with Gasteiger partial charge in [0.2, 0.25) is 5.95 Å². The van der Waals surface area contributed by atoms with Gasteiger partial charge in [-0.3, -0.25) is 0 Å². The smallest absolute Gasteiger partial charge is 0.225 e. The van der Waals surface area contributed by atoms with E-state index >= 15 is 0 Å². The Morgan fingerprint density at radius 3 is 2.61 bits per heavy atom. The number of benzene rings is 2. The molecule has 1 aromatic heterocycles. The van der Waals surface area contributed by atoms with Gasteiger partial charge < -0.3 is 35.6 Å². The predicted octanol–water partition coefficient (Wildman–Crippen LogP) is 2.94. The number of aliphatic imine (C=N–C) groups is 1. The molecule has 0 bridgehead atoms. The van der Waals surface area contributed by atoms with E-state index in [1.54, 1.807) is 0 Å². The Morgan fingerprint density at radius 1 is 1.00 bits per heavy atom. The lowest BCUT2D eigenvalue weighted by Crippen LogP contribution is -2.37. The maximum Gasteiger partial charge on any atom is 0.225 e. The van der Waals surface area contributed by atoms with E-state index in [4.69, 9.17) is 20.2 Å². The van der Waals surface area contributed by atoms with Crippen molar-refractivity contribution in [1.82, 2.24) is 15.3 Å². The molecule has 3 aromatic rings. The molecule has 0 atom stereocenters. The zero-order chi connectivity index (χ0) is 25.7. The third-order valence-electron chi connectivity index (χ3n) is 6.76. The molecule has 1 saturated heterocycles. The number of amidine groups is 1. The van der Waals surface area contributed by atoms with E-state index in [0.717, 1.165) is 72.6 Å². The summed E-state index contributed by atoms with van der Waals surface area (Å²) in [6.45, 7) is 6.01. The zero-order valence-electron chi connectivity index (χ0n) is 21.3. The molecule has 10 heteroatoms. The summed E-state index contributed by atoms with van der Waals surface area (Å²) in [7, 11) is 0. The Balaban J connectivity index is 1.15. The zero-order valence-corrected chi connectivity index (χ0v) is 21.3. The Hall–Kier alpha value is -3.99. The molecule has 0 saturated carbocycles. The molecule has 0 unspecified atom stereocenters. The minimum absolute atomic E-state index is 0.517. The van der Waals surface area contributed by atoms with Gasteiger partial charge in [0.05, 0.1) is 25.1 Å². The lowest BCUT2D eigenvalue weighted by Gasteiger charge is -2.30. The normalized spacial score (nSPS) is 16.6. The topological polar surface area (TPSA) is 113 Å². The molecule has 0 spiro atoms. The van der Waals surface area contributed by atoms with E-state index in [-0.39, 0.29) is 0 Å². The van der Waals surface area contributed by atoms with Gasteiger partial charge in [0.1, 0.15) is 6.67 Å². The van der Waals surface area contributed by atoms with Gasteiger partial charge in [0, 0.05) is 43.3 Å². The lowest BCUT2D eigenvalue weighted by molar-refractivity contribution is 0.122. The Bertz CT molecular complexity index is 1320. The fraction of sp³-hybridized carbons (Fsp3) is 0.321. The quantitative estimate of drug-likeness (QED) is 0.392. The van der Waals surface area contributed by atoms with Crippen LogP contribution in [0.2, 0.25) is 0 Å². The van der Waals surface area contributed by atoms with Crippen LogP contribution in [-0.2, 0) is 11.3 Å². The van der Waals surface area contributed by atoms with Gasteiger partial charge in [-0.2, -0.15) is 0 Å². The summed E-state index contributed by atoms with van der Waals surface area (Å²) in [6, 6.07) is 14.6. The van der Waals surface area contributed by atoms with Gasteiger partial charge >= 0.3 is 0 Å². The first kappa shape index (κ1) is 24.4. The van der Waals surface area contributed by atoms with Crippen molar-refractivity contribution in [2.45, 2.75) is 13.0 Å². The van der Waals surface area contributed by atoms with Crippen molar-refractivity contribution < 1.29 is 9.47 Å². The van der Waals surface area contributed by atoms with Crippen LogP contribution in [-0.4, -0.2) is 61.9 Å². The first-order valence-electron chi connectivity index (χ1n) is 13.0. The predicted molar refractivity (Wildman–Crippen MR) is 149 cm³/mol. The van der Waals surface area contributed by atoms with E-state index in [9.17, 15) is 0 Å². The van der Waals surface area contributed by atoms with Crippen LogP contribution in [0, 0.1) is 0 Å². The minimum atomic E-state index is 0.517. The third kappa shape index (κ3) is 5.33. The van der Waals surface area contributed by atoms with Crippen molar-refractivity contribution in [3.63, 3.8) is 0 Å². The van der Waals surface area contributed by atoms with Crippen LogP contribution < -0.4 is 30.9 Å². The van der Waals surface area contributed by atoms with Crippen LogP contribution in [0.25, 0.3) is 11.1 Å². The fourth-order valence-electron chi connectivity index (χ4n) is 4.60. The van der Waals surface area contributed by atoms with E-state index in [1.165, 1.54) is 5.56 Å². The second kappa shape index (κ2) is 11.2. The first-order valence-corrected chi connectivity index (χ1v) is 13.0. The van der Waals surface area contributed by atoms with E-state index in [1.807, 2.05) is 36.8 Å². The summed E-state index contributed by atoms with van der Waals surface area (Å²) < 4.78 is 11.7. The lowest BCUT2D eigenvalue weighted by atomic mass is 10.1. The van der Waals surface area contributed by atoms with Gasteiger partial charge in [-0.25, -0.2) is 15.0 Å². The number of morpholine rings is 1. The standard InChI is InChI=1S/C28H32N8O2/c29-8-1-9-30-15-20-2-5-23(6-3-20)36-18-26-27(33-19-36)34-24-7-4-21(14-25(24)38-26)22-16-31-28(32-17-22)35-10-12-37-13-11-35/h2-7,14,16-18,30H,1,8-13,15,19,29H2,(H,33,34). The molecule has 3 aliphatic heterocycles. The van der Waals surface area contributed by atoms with Crippen molar-refractivity contribution in [2.24, 2.45) is 10.7 Å². The number of hydrogen-bond donors (Lipinski definition) is 3. The van der Waals surface area contributed by atoms with Crippen LogP contribution in [0.4, 0.5) is 17.3 Å². The minimum Gasteiger partial charge on any atom is -0.450 e. The second-order valence-electron chi connectivity index (χ2n) is 9.41. The Labute approximate surface area is 222 Å². The van der Waals surface area contributed by atoms with Gasteiger partial charge in [0.15, 0.2) is 17.3 Å². The molecular weight excluding hydrogens is 480 g/mol. The van der Waals surface area contributed by atoms with Gasteiger partial charge in [0.25, 0.3) is 0 Å². The second-order valence-corrected chi connectivity index (χ2v) is 9.41. The number of hydrogen-bond acceptors (Lipinski definition) is 10. The average Bonchev–Trinajstić information content (AvgIpc) is 2.98. The molecule has 1 fully saturated rings. The monoisotopic (exact) mass is 512 g/mol. The summed E-state index contributed by atoms with van der Waals surface area (Å²) in [4.78, 5) is 18.1. The molecular formula is C28H32N8O2. The van der Waals surface area contributed by atoms with E-state index < -0.39 is 0 Å². The van der Waals surface area contributed by atoms with E-state index in [0.29, 0.717) is 32.2 Å². The number of ether oxygens (including phenoxy) is 2. The molecule has 2 aromatic carbocycles. The molecule has 0 aliphatic carbocycles. The highest BCUT2D eigenvalue weighted by molar-refractivity contribution is 6.10. The highest BCUT2D eigenvalue weighted by atomic mass is 16.5. The number of anilines is 3. The van der Waals surface area contributed by atoms with Crippen LogP contribution in [0.5, 0.6) is 5.75 Å². The molecule has 4 heterocycles. The van der Waals surface area contributed by atoms with Crippen molar-refractivity contribution in [2.75, 3.05) is 61.2 Å². The molecule has 196 valence electrons.